The summed E-state index contributed by atoms with van der Waals surface area (Å²) in [5, 5.41) is 0. The summed E-state index contributed by atoms with van der Waals surface area (Å²) >= 11 is 0. The fourth-order valence-corrected chi connectivity index (χ4v) is 3.75. The molecule has 0 radical (unpaired) electrons. The van der Waals surface area contributed by atoms with Gasteiger partial charge in [-0.15, -0.1) is 0 Å². The third-order valence-corrected chi connectivity index (χ3v) is 5.34. The molecule has 4 heteroatoms. The highest BCUT2D eigenvalue weighted by atomic mass is 19.1. The number of halogens is 1. The van der Waals surface area contributed by atoms with Gasteiger partial charge in [0.05, 0.1) is 5.41 Å². The van der Waals surface area contributed by atoms with Crippen molar-refractivity contribution in [2.24, 2.45) is 11.7 Å². The van der Waals surface area contributed by atoms with Crippen LogP contribution in [-0.4, -0.2) is 30.4 Å². The van der Waals surface area contributed by atoms with Crippen molar-refractivity contribution in [2.45, 2.75) is 25.2 Å². The van der Waals surface area contributed by atoms with Crippen molar-refractivity contribution in [3.8, 4) is 0 Å². The van der Waals surface area contributed by atoms with Gasteiger partial charge in [0.15, 0.2) is 0 Å². The molecule has 0 unspecified atom stereocenters. The van der Waals surface area contributed by atoms with Crippen molar-refractivity contribution < 1.29 is 9.18 Å². The van der Waals surface area contributed by atoms with Crippen LogP contribution in [0.25, 0.3) is 0 Å². The molecule has 2 aromatic carbocycles. The minimum atomic E-state index is -0.771. The number of likely N-dealkylation sites (tertiary alicyclic amines) is 1. The normalized spacial score (nSPS) is 20.7. The molecule has 0 aliphatic carbocycles. The minimum absolute atomic E-state index is 0.0231. The maximum atomic E-state index is 13.6. The minimum Gasteiger partial charge on any atom is -0.341 e. The lowest BCUT2D eigenvalue weighted by atomic mass is 9.83. The number of carbonyl (C=O) groups excluding carboxylic acids is 1. The summed E-state index contributed by atoms with van der Waals surface area (Å²) in [5.41, 5.74) is 7.12. The van der Waals surface area contributed by atoms with Crippen molar-refractivity contribution in [2.75, 3.05) is 19.6 Å². The lowest BCUT2D eigenvalue weighted by Crippen LogP contribution is -2.42. The first kappa shape index (κ1) is 17.6. The Hall–Kier alpha value is -2.20. The number of rotatable bonds is 4. The van der Waals surface area contributed by atoms with Gasteiger partial charge < -0.3 is 10.6 Å². The molecule has 0 bridgehead atoms. The number of nitrogens with two attached hydrogens (primary N) is 1. The molecule has 1 fully saturated rings. The summed E-state index contributed by atoms with van der Waals surface area (Å²) in [7, 11) is 0. The Morgan fingerprint density at radius 3 is 2.52 bits per heavy atom. The Morgan fingerprint density at radius 1 is 1.16 bits per heavy atom. The number of hydrogen-bond donors (Lipinski definition) is 1. The van der Waals surface area contributed by atoms with Gasteiger partial charge in [-0.2, -0.15) is 0 Å². The molecule has 0 saturated carbocycles. The van der Waals surface area contributed by atoms with Gasteiger partial charge in [-0.1, -0.05) is 42.5 Å². The molecule has 1 heterocycles. The molecule has 0 aromatic heterocycles. The van der Waals surface area contributed by atoms with Crippen molar-refractivity contribution in [1.29, 1.82) is 0 Å². The molecule has 25 heavy (non-hydrogen) atoms. The van der Waals surface area contributed by atoms with Crippen molar-refractivity contribution in [1.82, 2.24) is 4.90 Å². The summed E-state index contributed by atoms with van der Waals surface area (Å²) in [5.74, 6) is 0.199. The zero-order valence-electron chi connectivity index (χ0n) is 14.8. The Kier molecular flexibility index (Phi) is 4.91. The summed E-state index contributed by atoms with van der Waals surface area (Å²) in [6, 6.07) is 16.5. The van der Waals surface area contributed by atoms with Gasteiger partial charge >= 0.3 is 0 Å². The number of hydrogen-bond acceptors (Lipinski definition) is 2. The predicted molar refractivity (Wildman–Crippen MR) is 97.7 cm³/mol. The number of nitrogens with zero attached hydrogens (tertiary/aromatic N) is 1. The second-order valence-corrected chi connectivity index (χ2v) is 7.36. The van der Waals surface area contributed by atoms with Crippen LogP contribution in [-0.2, 0) is 10.2 Å². The Balaban J connectivity index is 1.83. The van der Waals surface area contributed by atoms with Crippen molar-refractivity contribution in [3.63, 3.8) is 0 Å². The van der Waals surface area contributed by atoms with E-state index in [-0.39, 0.29) is 23.6 Å². The molecule has 3 nitrogen and oxygen atoms in total. The van der Waals surface area contributed by atoms with Crippen LogP contribution < -0.4 is 5.73 Å². The highest BCUT2D eigenvalue weighted by Gasteiger charge is 2.41. The van der Waals surface area contributed by atoms with E-state index in [1.54, 1.807) is 6.07 Å². The average Bonchev–Trinajstić information content (AvgIpc) is 3.06. The van der Waals surface area contributed by atoms with Crippen molar-refractivity contribution >= 4 is 5.91 Å². The third kappa shape index (κ3) is 3.45. The lowest BCUT2D eigenvalue weighted by molar-refractivity contribution is -0.135. The van der Waals surface area contributed by atoms with Crippen LogP contribution in [0.2, 0.25) is 0 Å². The monoisotopic (exact) mass is 340 g/mol. The van der Waals surface area contributed by atoms with Crippen LogP contribution in [0.3, 0.4) is 0 Å². The Morgan fingerprint density at radius 2 is 1.88 bits per heavy atom. The van der Waals surface area contributed by atoms with Crippen LogP contribution in [0.15, 0.2) is 54.6 Å². The van der Waals surface area contributed by atoms with Gasteiger partial charge in [0.2, 0.25) is 5.91 Å². The summed E-state index contributed by atoms with van der Waals surface area (Å²) in [4.78, 5) is 15.1. The highest BCUT2D eigenvalue weighted by Crippen LogP contribution is 2.35. The molecule has 0 spiro atoms. The maximum absolute atomic E-state index is 13.6. The zero-order chi connectivity index (χ0) is 18.0. The van der Waals surface area contributed by atoms with E-state index in [1.807, 2.05) is 43.0 Å². The van der Waals surface area contributed by atoms with E-state index < -0.39 is 5.41 Å². The Bertz CT molecular complexity index is 745. The summed E-state index contributed by atoms with van der Waals surface area (Å²) in [6.07, 6.45) is 0. The molecule has 2 atom stereocenters. The molecule has 3 rings (SSSR count). The van der Waals surface area contributed by atoms with E-state index >= 15 is 0 Å². The third-order valence-electron chi connectivity index (χ3n) is 5.34. The van der Waals surface area contributed by atoms with Crippen LogP contribution >= 0.6 is 0 Å². The first-order valence-corrected chi connectivity index (χ1v) is 8.74. The number of carbonyl (C=O) groups is 1. The molecule has 1 aliphatic heterocycles. The van der Waals surface area contributed by atoms with E-state index in [2.05, 4.69) is 12.1 Å². The average molecular weight is 340 g/mol. The van der Waals surface area contributed by atoms with Gasteiger partial charge in [0.1, 0.15) is 5.82 Å². The largest absolute Gasteiger partial charge is 0.341 e. The van der Waals surface area contributed by atoms with E-state index in [9.17, 15) is 9.18 Å². The lowest BCUT2D eigenvalue weighted by Gasteiger charge is -2.30. The molecule has 2 N–H and O–H groups in total. The standard InChI is InChI=1S/C21H25FN2O/c1-21(2,17-9-6-10-18(22)11-17)20(25)24-13-16(12-23)19(14-24)15-7-4-3-5-8-15/h3-11,16,19H,12-14,23H2,1-2H3/t16-,19+/m1/s1. The van der Waals surface area contributed by atoms with Gasteiger partial charge in [0.25, 0.3) is 0 Å². The van der Waals surface area contributed by atoms with Crippen molar-refractivity contribution in [3.05, 3.63) is 71.5 Å². The fraction of sp³-hybridized carbons (Fsp3) is 0.381. The molecular weight excluding hydrogens is 315 g/mol. The van der Waals surface area contributed by atoms with Gasteiger partial charge in [-0.3, -0.25) is 4.79 Å². The van der Waals surface area contributed by atoms with E-state index in [4.69, 9.17) is 5.73 Å². The smallest absolute Gasteiger partial charge is 0.232 e. The molecule has 1 saturated heterocycles. The molecular formula is C21H25FN2O. The van der Waals surface area contributed by atoms with Gasteiger partial charge in [-0.25, -0.2) is 4.39 Å². The van der Waals surface area contributed by atoms with E-state index in [0.29, 0.717) is 25.2 Å². The van der Waals surface area contributed by atoms with Crippen LogP contribution in [0.1, 0.15) is 30.9 Å². The van der Waals surface area contributed by atoms with Crippen LogP contribution in [0.5, 0.6) is 0 Å². The molecule has 132 valence electrons. The second-order valence-electron chi connectivity index (χ2n) is 7.36. The van der Waals surface area contributed by atoms with Crippen LogP contribution in [0.4, 0.5) is 4.39 Å². The zero-order valence-corrected chi connectivity index (χ0v) is 14.8. The quantitative estimate of drug-likeness (QED) is 0.928. The van der Waals surface area contributed by atoms with Crippen LogP contribution in [0, 0.1) is 11.7 Å². The SMILES string of the molecule is CC(C)(C(=O)N1C[C@@H](CN)[C@H](c2ccccc2)C1)c1cccc(F)c1. The van der Waals surface area contributed by atoms with Gasteiger partial charge in [0, 0.05) is 19.0 Å². The number of amides is 1. The highest BCUT2D eigenvalue weighted by molar-refractivity contribution is 5.87. The van der Waals surface area contributed by atoms with Gasteiger partial charge in [-0.05, 0) is 49.6 Å². The first-order chi connectivity index (χ1) is 11.9. The molecule has 2 aromatic rings. The first-order valence-electron chi connectivity index (χ1n) is 8.74. The summed E-state index contributed by atoms with van der Waals surface area (Å²) < 4.78 is 13.6. The number of benzene rings is 2. The topological polar surface area (TPSA) is 46.3 Å². The Labute approximate surface area is 148 Å². The predicted octanol–water partition coefficient (Wildman–Crippen LogP) is 3.30. The molecule has 1 aliphatic rings. The molecule has 1 amide bonds. The fourth-order valence-electron chi connectivity index (χ4n) is 3.75. The van der Waals surface area contributed by atoms with E-state index in [1.165, 1.54) is 17.7 Å². The van der Waals surface area contributed by atoms with E-state index in [0.717, 1.165) is 0 Å². The maximum Gasteiger partial charge on any atom is 0.232 e. The second kappa shape index (κ2) is 6.96. The summed E-state index contributed by atoms with van der Waals surface area (Å²) in [6.45, 7) is 5.57.